The number of hydrogen-bond acceptors (Lipinski definition) is 8. The van der Waals surface area contributed by atoms with Crippen molar-refractivity contribution in [3.8, 4) is 40.0 Å². The van der Waals surface area contributed by atoms with Gasteiger partial charge in [0, 0.05) is 36.6 Å². The third kappa shape index (κ3) is 7.43. The van der Waals surface area contributed by atoms with Gasteiger partial charge in [-0.2, -0.15) is 0 Å². The van der Waals surface area contributed by atoms with Gasteiger partial charge in [0.2, 0.25) is 5.95 Å². The van der Waals surface area contributed by atoms with Gasteiger partial charge >= 0.3 is 0 Å². The largest absolute Gasteiger partial charge is 0.493 e. The second-order valence-electron chi connectivity index (χ2n) is 9.24. The minimum atomic E-state index is 0.161. The molecule has 9 nitrogen and oxygen atoms in total. The number of benzene rings is 3. The van der Waals surface area contributed by atoms with Crippen LogP contribution in [0.1, 0.15) is 6.42 Å². The van der Waals surface area contributed by atoms with Crippen molar-refractivity contribution in [1.82, 2.24) is 24.8 Å². The second-order valence-corrected chi connectivity index (χ2v) is 9.24. The van der Waals surface area contributed by atoms with Gasteiger partial charge in [0.05, 0.1) is 30.8 Å². The van der Waals surface area contributed by atoms with E-state index in [9.17, 15) is 0 Å². The molecule has 0 bridgehead atoms. The maximum absolute atomic E-state index is 9.00. The van der Waals surface area contributed by atoms with Crippen molar-refractivity contribution in [2.75, 3.05) is 38.7 Å². The van der Waals surface area contributed by atoms with Gasteiger partial charge in [-0.15, -0.1) is 0 Å². The zero-order valence-electron chi connectivity index (χ0n) is 22.3. The van der Waals surface area contributed by atoms with E-state index in [2.05, 4.69) is 30.2 Å². The molecule has 0 aliphatic carbocycles. The Bertz CT molecular complexity index is 1510. The van der Waals surface area contributed by atoms with Gasteiger partial charge in [-0.1, -0.05) is 36.4 Å². The Hall–Kier alpha value is -4.73. The molecule has 0 spiro atoms. The Kier molecular flexibility index (Phi) is 8.98. The lowest BCUT2D eigenvalue weighted by atomic mass is 10.2. The fraction of sp³-hybridized carbons (Fsp3) is 0.194. The van der Waals surface area contributed by atoms with Crippen LogP contribution >= 0.6 is 0 Å². The van der Waals surface area contributed by atoms with Crippen molar-refractivity contribution >= 4 is 11.6 Å². The van der Waals surface area contributed by atoms with Crippen LogP contribution in [0.15, 0.2) is 97.3 Å². The minimum Gasteiger partial charge on any atom is -0.493 e. The maximum atomic E-state index is 9.00. The lowest BCUT2D eigenvalue weighted by molar-refractivity contribution is 0.207. The standard InChI is InChI=1S/C31H32N6O3/c1-37(17-18-38)16-7-19-39-26-12-6-9-24(21-26)34-31-32-15-14-28(36-31)29-22-33-30(35-29)23-8-5-13-27(20-23)40-25-10-3-2-4-11-25/h2-6,8-15,20-22,38H,7,16-19H2,1H3,(H,33,35)(H,32,34,36). The number of hydrogen-bond donors (Lipinski definition) is 3. The van der Waals surface area contributed by atoms with Crippen molar-refractivity contribution in [3.05, 3.63) is 97.3 Å². The van der Waals surface area contributed by atoms with E-state index < -0.39 is 0 Å². The van der Waals surface area contributed by atoms with Gasteiger partial charge in [-0.25, -0.2) is 15.0 Å². The molecule has 9 heteroatoms. The van der Waals surface area contributed by atoms with Gasteiger partial charge in [-0.3, -0.25) is 0 Å². The number of aromatic amines is 1. The van der Waals surface area contributed by atoms with Crippen molar-refractivity contribution in [2.45, 2.75) is 6.42 Å². The Morgan fingerprint density at radius 2 is 1.70 bits per heavy atom. The first-order valence-corrected chi connectivity index (χ1v) is 13.2. The molecule has 2 heterocycles. The van der Waals surface area contributed by atoms with E-state index >= 15 is 0 Å². The minimum absolute atomic E-state index is 0.161. The zero-order valence-corrected chi connectivity index (χ0v) is 22.3. The van der Waals surface area contributed by atoms with E-state index in [1.807, 2.05) is 92.0 Å². The monoisotopic (exact) mass is 536 g/mol. The summed E-state index contributed by atoms with van der Waals surface area (Å²) >= 11 is 0. The number of para-hydroxylation sites is 1. The van der Waals surface area contributed by atoms with E-state index in [1.54, 1.807) is 12.4 Å². The molecule has 0 fully saturated rings. The lowest BCUT2D eigenvalue weighted by Gasteiger charge is -2.15. The summed E-state index contributed by atoms with van der Waals surface area (Å²) in [6.45, 7) is 2.28. The summed E-state index contributed by atoms with van der Waals surface area (Å²) in [5, 5.41) is 12.3. The second kappa shape index (κ2) is 13.4. The van der Waals surface area contributed by atoms with Crippen LogP contribution in [0.25, 0.3) is 22.8 Å². The number of aliphatic hydroxyl groups is 1. The molecule has 0 aliphatic heterocycles. The fourth-order valence-corrected chi connectivity index (χ4v) is 4.10. The Labute approximate surface area is 233 Å². The number of anilines is 2. The first kappa shape index (κ1) is 26.9. The smallest absolute Gasteiger partial charge is 0.227 e. The van der Waals surface area contributed by atoms with Crippen molar-refractivity contribution in [2.24, 2.45) is 0 Å². The van der Waals surface area contributed by atoms with Crippen LogP contribution in [0.3, 0.4) is 0 Å². The van der Waals surface area contributed by atoms with Crippen LogP contribution in [0, 0.1) is 0 Å². The number of likely N-dealkylation sites (N-methyl/N-ethyl adjacent to an activating group) is 1. The number of rotatable bonds is 13. The normalized spacial score (nSPS) is 11.0. The quantitative estimate of drug-likeness (QED) is 0.163. The number of imidazole rings is 1. The van der Waals surface area contributed by atoms with Gasteiger partial charge in [0.15, 0.2) is 0 Å². The zero-order chi connectivity index (χ0) is 27.6. The first-order chi connectivity index (χ1) is 19.7. The molecule has 204 valence electrons. The van der Waals surface area contributed by atoms with E-state index in [0.717, 1.165) is 47.2 Å². The lowest BCUT2D eigenvalue weighted by Crippen LogP contribution is -2.24. The van der Waals surface area contributed by atoms with Crippen molar-refractivity contribution < 1.29 is 14.6 Å². The highest BCUT2D eigenvalue weighted by Crippen LogP contribution is 2.28. The first-order valence-electron chi connectivity index (χ1n) is 13.2. The molecule has 0 atom stereocenters. The van der Waals surface area contributed by atoms with Crippen LogP contribution < -0.4 is 14.8 Å². The molecule has 0 aliphatic rings. The Morgan fingerprint density at radius 3 is 2.58 bits per heavy atom. The molecule has 3 N–H and O–H groups in total. The summed E-state index contributed by atoms with van der Waals surface area (Å²) in [5.41, 5.74) is 3.22. The molecule has 5 rings (SSSR count). The van der Waals surface area contributed by atoms with Crippen molar-refractivity contribution in [3.63, 3.8) is 0 Å². The topological polar surface area (TPSA) is 108 Å². The molecule has 5 aromatic rings. The van der Waals surface area contributed by atoms with Crippen LogP contribution in [-0.4, -0.2) is 63.3 Å². The van der Waals surface area contributed by atoms with E-state index in [4.69, 9.17) is 14.6 Å². The van der Waals surface area contributed by atoms with Crippen LogP contribution in [0.5, 0.6) is 17.2 Å². The average molecular weight is 537 g/mol. The third-order valence-corrected chi connectivity index (χ3v) is 6.12. The van der Waals surface area contributed by atoms with Gasteiger partial charge in [0.1, 0.15) is 23.1 Å². The molecule has 0 saturated carbocycles. The number of nitrogens with one attached hydrogen (secondary N) is 2. The Morgan fingerprint density at radius 1 is 0.875 bits per heavy atom. The van der Waals surface area contributed by atoms with Crippen LogP contribution in [-0.2, 0) is 0 Å². The molecule has 2 aromatic heterocycles. The highest BCUT2D eigenvalue weighted by atomic mass is 16.5. The predicted octanol–water partition coefficient (Wildman–Crippen LogP) is 5.76. The van der Waals surface area contributed by atoms with Crippen LogP contribution in [0.2, 0.25) is 0 Å². The molecule has 3 aromatic carbocycles. The molecular weight excluding hydrogens is 504 g/mol. The SMILES string of the molecule is CN(CCO)CCCOc1cccc(Nc2nccc(-c3cnc(-c4cccc(Oc5ccccc5)c4)[nH]3)n2)c1. The highest BCUT2D eigenvalue weighted by molar-refractivity contribution is 5.64. The number of ether oxygens (including phenoxy) is 2. The summed E-state index contributed by atoms with van der Waals surface area (Å²) in [7, 11) is 1.98. The average Bonchev–Trinajstić information content (AvgIpc) is 3.47. The summed E-state index contributed by atoms with van der Waals surface area (Å²) in [6, 6.07) is 27.0. The molecule has 40 heavy (non-hydrogen) atoms. The summed E-state index contributed by atoms with van der Waals surface area (Å²) in [4.78, 5) is 19.1. The van der Waals surface area contributed by atoms with Gasteiger partial charge < -0.3 is 29.8 Å². The summed E-state index contributed by atoms with van der Waals surface area (Å²) < 4.78 is 11.9. The maximum Gasteiger partial charge on any atom is 0.227 e. The van der Waals surface area contributed by atoms with Crippen LogP contribution in [0.4, 0.5) is 11.6 Å². The number of aromatic nitrogens is 4. The van der Waals surface area contributed by atoms with E-state index in [0.29, 0.717) is 30.6 Å². The Balaban J connectivity index is 1.22. The van der Waals surface area contributed by atoms with E-state index in [1.165, 1.54) is 0 Å². The molecule has 0 unspecified atom stereocenters. The van der Waals surface area contributed by atoms with Gasteiger partial charge in [0.25, 0.3) is 0 Å². The number of nitrogens with zero attached hydrogens (tertiary/aromatic N) is 4. The fourth-order valence-electron chi connectivity index (χ4n) is 4.10. The van der Waals surface area contributed by atoms with Gasteiger partial charge in [-0.05, 0) is 55.9 Å². The molecule has 0 amide bonds. The number of aliphatic hydroxyl groups excluding tert-OH is 1. The van der Waals surface area contributed by atoms with E-state index in [-0.39, 0.29) is 6.61 Å². The molecule has 0 radical (unpaired) electrons. The number of H-pyrrole nitrogens is 1. The van der Waals surface area contributed by atoms with Crippen molar-refractivity contribution in [1.29, 1.82) is 0 Å². The highest BCUT2D eigenvalue weighted by Gasteiger charge is 2.10. The molecular formula is C31H32N6O3. The molecule has 0 saturated heterocycles. The predicted molar refractivity (Wildman–Crippen MR) is 156 cm³/mol. The third-order valence-electron chi connectivity index (χ3n) is 6.12. The summed E-state index contributed by atoms with van der Waals surface area (Å²) in [5.74, 6) is 3.46. The summed E-state index contributed by atoms with van der Waals surface area (Å²) in [6.07, 6.45) is 4.34.